The summed E-state index contributed by atoms with van der Waals surface area (Å²) >= 11 is 0. The van der Waals surface area contributed by atoms with E-state index in [1.807, 2.05) is 0 Å². The van der Waals surface area contributed by atoms with Crippen LogP contribution in [0.4, 0.5) is 0 Å². The molecular formula is C26H52. The summed E-state index contributed by atoms with van der Waals surface area (Å²) in [7, 11) is 0. The molecule has 156 valence electrons. The maximum Gasteiger partial charge on any atom is -0.0206 e. The van der Waals surface area contributed by atoms with Crippen LogP contribution >= 0.6 is 0 Å². The van der Waals surface area contributed by atoms with Crippen LogP contribution in [0.1, 0.15) is 126 Å². The molecule has 0 fully saturated rings. The van der Waals surface area contributed by atoms with Crippen LogP contribution < -0.4 is 0 Å². The van der Waals surface area contributed by atoms with E-state index in [0.29, 0.717) is 0 Å². The molecule has 0 heteroatoms. The summed E-state index contributed by atoms with van der Waals surface area (Å²) in [4.78, 5) is 0. The Balaban J connectivity index is 4.50. The van der Waals surface area contributed by atoms with Crippen LogP contribution in [-0.2, 0) is 0 Å². The highest BCUT2D eigenvalue weighted by Gasteiger charge is 2.14. The van der Waals surface area contributed by atoms with Crippen LogP contribution in [0, 0.1) is 29.6 Å². The van der Waals surface area contributed by atoms with Crippen molar-refractivity contribution >= 4 is 0 Å². The summed E-state index contributed by atoms with van der Waals surface area (Å²) in [6.45, 7) is 18.9. The Hall–Kier alpha value is -0.260. The molecular weight excluding hydrogens is 312 g/mol. The smallest absolute Gasteiger partial charge is 0.0206 e. The SMILES string of the molecule is CCCC(CCCC(C)C)CCCC(CCC(C)C)C(C)=CCC(C)C. The topological polar surface area (TPSA) is 0 Å². The van der Waals surface area contributed by atoms with E-state index in [4.69, 9.17) is 0 Å². The van der Waals surface area contributed by atoms with Gasteiger partial charge in [0.25, 0.3) is 0 Å². The van der Waals surface area contributed by atoms with Crippen LogP contribution in [-0.4, -0.2) is 0 Å². The summed E-state index contributed by atoms with van der Waals surface area (Å²) in [6, 6.07) is 0. The van der Waals surface area contributed by atoms with E-state index in [1.165, 1.54) is 70.6 Å². The van der Waals surface area contributed by atoms with Gasteiger partial charge >= 0.3 is 0 Å². The first-order valence-electron chi connectivity index (χ1n) is 11.9. The van der Waals surface area contributed by atoms with E-state index in [1.54, 1.807) is 5.57 Å². The second kappa shape index (κ2) is 15.8. The third-order valence-electron chi connectivity index (χ3n) is 5.90. The second-order valence-electron chi connectivity index (χ2n) is 10.2. The molecule has 2 unspecified atom stereocenters. The summed E-state index contributed by atoms with van der Waals surface area (Å²) < 4.78 is 0. The lowest BCUT2D eigenvalue weighted by Gasteiger charge is -2.22. The van der Waals surface area contributed by atoms with E-state index >= 15 is 0 Å². The lowest BCUT2D eigenvalue weighted by atomic mass is 9.84. The minimum Gasteiger partial charge on any atom is -0.0851 e. The van der Waals surface area contributed by atoms with Gasteiger partial charge in [0.05, 0.1) is 0 Å². The van der Waals surface area contributed by atoms with Crippen LogP contribution in [0.25, 0.3) is 0 Å². The Morgan fingerprint density at radius 1 is 0.654 bits per heavy atom. The van der Waals surface area contributed by atoms with Gasteiger partial charge in [0.2, 0.25) is 0 Å². The van der Waals surface area contributed by atoms with Gasteiger partial charge in [-0.2, -0.15) is 0 Å². The Morgan fingerprint density at radius 2 is 1.23 bits per heavy atom. The third-order valence-corrected chi connectivity index (χ3v) is 5.90. The van der Waals surface area contributed by atoms with Crippen molar-refractivity contribution in [2.45, 2.75) is 126 Å². The van der Waals surface area contributed by atoms with Gasteiger partial charge in [0.15, 0.2) is 0 Å². The number of rotatable bonds is 16. The highest BCUT2D eigenvalue weighted by atomic mass is 14.2. The summed E-state index contributed by atoms with van der Waals surface area (Å²) in [5, 5.41) is 0. The highest BCUT2D eigenvalue weighted by molar-refractivity contribution is 5.03. The summed E-state index contributed by atoms with van der Waals surface area (Å²) in [5.74, 6) is 4.29. The molecule has 0 saturated carbocycles. The lowest BCUT2D eigenvalue weighted by molar-refractivity contribution is 0.351. The first-order chi connectivity index (χ1) is 12.3. The molecule has 0 rings (SSSR count). The molecule has 0 N–H and O–H groups in total. The van der Waals surface area contributed by atoms with Crippen molar-refractivity contribution in [3.63, 3.8) is 0 Å². The molecule has 0 aliphatic heterocycles. The van der Waals surface area contributed by atoms with E-state index in [2.05, 4.69) is 61.5 Å². The quantitative estimate of drug-likeness (QED) is 0.239. The van der Waals surface area contributed by atoms with Gasteiger partial charge in [-0.25, -0.2) is 0 Å². The fraction of sp³-hybridized carbons (Fsp3) is 0.923. The Bertz CT molecular complexity index is 334. The predicted octanol–water partition coefficient (Wildman–Crippen LogP) is 9.44. The normalized spacial score (nSPS) is 15.3. The molecule has 0 heterocycles. The predicted molar refractivity (Wildman–Crippen MR) is 122 cm³/mol. The monoisotopic (exact) mass is 364 g/mol. The molecule has 0 amide bonds. The van der Waals surface area contributed by atoms with E-state index in [-0.39, 0.29) is 0 Å². The zero-order valence-corrected chi connectivity index (χ0v) is 19.7. The van der Waals surface area contributed by atoms with Gasteiger partial charge in [-0.3, -0.25) is 0 Å². The van der Waals surface area contributed by atoms with Crippen LogP contribution in [0.3, 0.4) is 0 Å². The second-order valence-corrected chi connectivity index (χ2v) is 10.2. The molecule has 0 spiro atoms. The minimum atomic E-state index is 0.783. The Morgan fingerprint density at radius 3 is 1.73 bits per heavy atom. The molecule has 0 radical (unpaired) electrons. The molecule has 0 aromatic rings. The van der Waals surface area contributed by atoms with Gasteiger partial charge < -0.3 is 0 Å². The maximum absolute atomic E-state index is 2.54. The van der Waals surface area contributed by atoms with Crippen molar-refractivity contribution in [1.29, 1.82) is 0 Å². The van der Waals surface area contributed by atoms with Crippen LogP contribution in [0.15, 0.2) is 11.6 Å². The molecule has 2 atom stereocenters. The molecule has 0 aliphatic carbocycles. The zero-order chi connectivity index (χ0) is 19.9. The molecule has 0 aliphatic rings. The van der Waals surface area contributed by atoms with Gasteiger partial charge in [-0.1, -0.05) is 111 Å². The molecule has 0 aromatic carbocycles. The van der Waals surface area contributed by atoms with Crippen LogP contribution in [0.2, 0.25) is 0 Å². The average molecular weight is 365 g/mol. The van der Waals surface area contributed by atoms with Gasteiger partial charge in [-0.15, -0.1) is 0 Å². The Labute approximate surface area is 167 Å². The standard InChI is InChI=1S/C26H52/c1-9-12-25(14-10-13-21(2)3)15-11-16-26(20-18-23(6)7)24(8)19-17-22(4)5/h19,21-23,25-26H,9-18,20H2,1-8H3. The van der Waals surface area contributed by atoms with Crippen molar-refractivity contribution in [3.8, 4) is 0 Å². The van der Waals surface area contributed by atoms with Crippen LogP contribution in [0.5, 0.6) is 0 Å². The largest absolute Gasteiger partial charge is 0.0851 e. The molecule has 0 aromatic heterocycles. The average Bonchev–Trinajstić information content (AvgIpc) is 2.55. The van der Waals surface area contributed by atoms with Crippen molar-refractivity contribution in [1.82, 2.24) is 0 Å². The first kappa shape index (κ1) is 25.7. The molecule has 26 heavy (non-hydrogen) atoms. The van der Waals surface area contributed by atoms with Crippen molar-refractivity contribution in [2.75, 3.05) is 0 Å². The van der Waals surface area contributed by atoms with Crippen molar-refractivity contribution < 1.29 is 0 Å². The molecule has 0 saturated heterocycles. The number of hydrogen-bond acceptors (Lipinski definition) is 0. The number of allylic oxidation sites excluding steroid dienone is 2. The maximum atomic E-state index is 2.54. The van der Waals surface area contributed by atoms with Gasteiger partial charge in [0, 0.05) is 0 Å². The molecule has 0 bridgehead atoms. The van der Waals surface area contributed by atoms with Crippen molar-refractivity contribution in [2.24, 2.45) is 29.6 Å². The van der Waals surface area contributed by atoms with E-state index in [0.717, 1.165) is 29.6 Å². The fourth-order valence-electron chi connectivity index (χ4n) is 4.03. The first-order valence-corrected chi connectivity index (χ1v) is 11.9. The Kier molecular flexibility index (Phi) is 15.6. The molecule has 0 nitrogen and oxygen atoms in total. The number of hydrogen-bond donors (Lipinski definition) is 0. The van der Waals surface area contributed by atoms with Crippen molar-refractivity contribution in [3.05, 3.63) is 11.6 Å². The zero-order valence-electron chi connectivity index (χ0n) is 19.7. The third kappa shape index (κ3) is 14.9. The summed E-state index contributed by atoms with van der Waals surface area (Å²) in [6.07, 6.45) is 18.0. The van der Waals surface area contributed by atoms with Gasteiger partial charge in [-0.05, 0) is 55.8 Å². The lowest BCUT2D eigenvalue weighted by Crippen LogP contribution is -2.07. The minimum absolute atomic E-state index is 0.783. The fourth-order valence-corrected chi connectivity index (χ4v) is 4.03. The highest BCUT2D eigenvalue weighted by Crippen LogP contribution is 2.29. The van der Waals surface area contributed by atoms with Gasteiger partial charge in [0.1, 0.15) is 0 Å². The van der Waals surface area contributed by atoms with E-state index in [9.17, 15) is 0 Å². The summed E-state index contributed by atoms with van der Waals surface area (Å²) in [5.41, 5.74) is 1.67. The van der Waals surface area contributed by atoms with E-state index < -0.39 is 0 Å².